The van der Waals surface area contributed by atoms with Crippen molar-refractivity contribution in [2.75, 3.05) is 20.2 Å². The first-order valence-electron chi connectivity index (χ1n) is 6.44. The number of ether oxygens (including phenoxy) is 1. The predicted octanol–water partition coefficient (Wildman–Crippen LogP) is 2.78. The Morgan fingerprint density at radius 1 is 1.45 bits per heavy atom. The lowest BCUT2D eigenvalue weighted by molar-refractivity contribution is 0.00856. The van der Waals surface area contributed by atoms with Crippen LogP contribution in [0.1, 0.15) is 19.3 Å². The summed E-state index contributed by atoms with van der Waals surface area (Å²) in [4.78, 5) is -0.306. The summed E-state index contributed by atoms with van der Waals surface area (Å²) >= 11 is 3.11. The van der Waals surface area contributed by atoms with Crippen LogP contribution in [0.15, 0.2) is 27.6 Å². The van der Waals surface area contributed by atoms with Gasteiger partial charge in [0.25, 0.3) is 0 Å². The van der Waals surface area contributed by atoms with E-state index < -0.39 is 15.8 Å². The average Bonchev–Trinajstić information content (AvgIpc) is 2.39. The fraction of sp³-hybridized carbons (Fsp3) is 0.538. The molecule has 1 aromatic carbocycles. The molecule has 0 bridgehead atoms. The maximum Gasteiger partial charge on any atom is 0.245 e. The van der Waals surface area contributed by atoms with Gasteiger partial charge in [0.2, 0.25) is 10.0 Å². The molecule has 1 saturated heterocycles. The highest BCUT2D eigenvalue weighted by Crippen LogP contribution is 2.23. The molecule has 0 spiro atoms. The van der Waals surface area contributed by atoms with Crippen LogP contribution in [-0.2, 0) is 14.8 Å². The van der Waals surface area contributed by atoms with Gasteiger partial charge in [-0.1, -0.05) is 15.9 Å². The van der Waals surface area contributed by atoms with Crippen molar-refractivity contribution in [3.8, 4) is 0 Å². The van der Waals surface area contributed by atoms with Gasteiger partial charge in [0.15, 0.2) is 0 Å². The van der Waals surface area contributed by atoms with E-state index in [1.807, 2.05) is 0 Å². The van der Waals surface area contributed by atoms with Crippen molar-refractivity contribution in [2.24, 2.45) is 0 Å². The summed E-state index contributed by atoms with van der Waals surface area (Å²) in [7, 11) is -2.38. The fourth-order valence-corrected chi connectivity index (χ4v) is 3.77. The summed E-state index contributed by atoms with van der Waals surface area (Å²) in [5, 5.41) is 0. The number of likely N-dealkylation sites (N-methyl/N-ethyl adjacent to an activating group) is 1. The van der Waals surface area contributed by atoms with E-state index in [1.54, 1.807) is 0 Å². The lowest BCUT2D eigenvalue weighted by Gasteiger charge is -2.27. The smallest absolute Gasteiger partial charge is 0.245 e. The molecule has 0 saturated carbocycles. The van der Waals surface area contributed by atoms with Crippen molar-refractivity contribution >= 4 is 26.0 Å². The minimum Gasteiger partial charge on any atom is -0.377 e. The van der Waals surface area contributed by atoms with E-state index in [4.69, 9.17) is 4.74 Å². The minimum atomic E-state index is -3.83. The zero-order valence-electron chi connectivity index (χ0n) is 11.2. The Morgan fingerprint density at radius 3 is 2.80 bits per heavy atom. The number of hydrogen-bond acceptors (Lipinski definition) is 3. The molecule has 1 atom stereocenters. The monoisotopic (exact) mass is 365 g/mol. The van der Waals surface area contributed by atoms with Crippen LogP contribution < -0.4 is 0 Å². The van der Waals surface area contributed by atoms with Crippen LogP contribution in [0.25, 0.3) is 0 Å². The molecule has 20 heavy (non-hydrogen) atoms. The molecule has 7 heteroatoms. The molecule has 112 valence electrons. The van der Waals surface area contributed by atoms with E-state index in [2.05, 4.69) is 15.9 Å². The van der Waals surface area contributed by atoms with Crippen molar-refractivity contribution in [1.82, 2.24) is 4.31 Å². The topological polar surface area (TPSA) is 46.6 Å². The van der Waals surface area contributed by atoms with Crippen LogP contribution in [-0.4, -0.2) is 39.0 Å². The molecule has 1 aromatic rings. The quantitative estimate of drug-likeness (QED) is 0.823. The minimum absolute atomic E-state index is 0.109. The van der Waals surface area contributed by atoms with E-state index in [-0.39, 0.29) is 17.5 Å². The lowest BCUT2D eigenvalue weighted by atomic mass is 10.1. The number of rotatable bonds is 4. The molecule has 0 amide bonds. The maximum atomic E-state index is 13.8. The summed E-state index contributed by atoms with van der Waals surface area (Å²) in [5.74, 6) is -0.754. The molecule has 1 aliphatic rings. The Labute approximate surface area is 127 Å². The number of hydrogen-bond donors (Lipinski definition) is 0. The van der Waals surface area contributed by atoms with E-state index in [1.165, 1.54) is 19.2 Å². The highest BCUT2D eigenvalue weighted by molar-refractivity contribution is 9.10. The Bertz CT molecular complexity index is 573. The Balaban J connectivity index is 2.16. The second-order valence-corrected chi connectivity index (χ2v) is 7.78. The second kappa shape index (κ2) is 6.51. The van der Waals surface area contributed by atoms with Crippen molar-refractivity contribution in [3.05, 3.63) is 28.5 Å². The highest BCUT2D eigenvalue weighted by Gasteiger charge is 2.27. The van der Waals surface area contributed by atoms with Gasteiger partial charge in [-0.15, -0.1) is 0 Å². The van der Waals surface area contributed by atoms with Crippen molar-refractivity contribution in [2.45, 2.75) is 30.3 Å². The zero-order valence-corrected chi connectivity index (χ0v) is 13.6. The molecule has 0 N–H and O–H groups in total. The Hall–Kier alpha value is -0.500. The van der Waals surface area contributed by atoms with E-state index in [0.717, 1.165) is 29.6 Å². The molecule has 2 rings (SSSR count). The number of nitrogens with zero attached hydrogens (tertiary/aromatic N) is 1. The van der Waals surface area contributed by atoms with Gasteiger partial charge in [-0.2, -0.15) is 4.31 Å². The fourth-order valence-electron chi connectivity index (χ4n) is 2.19. The van der Waals surface area contributed by atoms with Crippen molar-refractivity contribution < 1.29 is 17.5 Å². The molecule has 1 unspecified atom stereocenters. The third-order valence-electron chi connectivity index (χ3n) is 3.32. The van der Waals surface area contributed by atoms with E-state index in [9.17, 15) is 12.8 Å². The third-order valence-corrected chi connectivity index (χ3v) is 5.67. The molecule has 0 radical (unpaired) electrons. The summed E-state index contributed by atoms with van der Waals surface area (Å²) in [6.07, 6.45) is 2.77. The molecule has 0 aliphatic carbocycles. The van der Waals surface area contributed by atoms with Gasteiger partial charge in [0, 0.05) is 24.7 Å². The molecule has 4 nitrogen and oxygen atoms in total. The first kappa shape index (κ1) is 15.9. The Morgan fingerprint density at radius 2 is 2.20 bits per heavy atom. The van der Waals surface area contributed by atoms with Gasteiger partial charge in [-0.3, -0.25) is 0 Å². The molecular formula is C13H17BrFNO3S. The molecular weight excluding hydrogens is 349 g/mol. The van der Waals surface area contributed by atoms with Crippen LogP contribution in [0.2, 0.25) is 0 Å². The predicted molar refractivity (Wildman–Crippen MR) is 77.5 cm³/mol. The average molecular weight is 366 g/mol. The van der Waals surface area contributed by atoms with E-state index >= 15 is 0 Å². The first-order valence-corrected chi connectivity index (χ1v) is 8.67. The van der Waals surface area contributed by atoms with Gasteiger partial charge in [0.1, 0.15) is 10.7 Å². The van der Waals surface area contributed by atoms with Gasteiger partial charge in [0.05, 0.1) is 6.10 Å². The first-order chi connectivity index (χ1) is 9.41. The van der Waals surface area contributed by atoms with Gasteiger partial charge >= 0.3 is 0 Å². The largest absolute Gasteiger partial charge is 0.377 e. The normalized spacial score (nSPS) is 20.3. The Kier molecular flexibility index (Phi) is 5.17. The van der Waals surface area contributed by atoms with Crippen LogP contribution >= 0.6 is 15.9 Å². The zero-order chi connectivity index (χ0) is 14.8. The summed E-state index contributed by atoms with van der Waals surface area (Å²) in [6, 6.07) is 3.94. The van der Waals surface area contributed by atoms with Crippen LogP contribution in [0.4, 0.5) is 4.39 Å². The van der Waals surface area contributed by atoms with E-state index in [0.29, 0.717) is 11.1 Å². The lowest BCUT2D eigenvalue weighted by Crippen LogP contribution is -2.37. The van der Waals surface area contributed by atoms with Crippen molar-refractivity contribution in [3.63, 3.8) is 0 Å². The van der Waals surface area contributed by atoms with Gasteiger partial charge in [-0.05, 0) is 37.5 Å². The molecule has 1 heterocycles. The summed E-state index contributed by atoms with van der Waals surface area (Å²) in [6.45, 7) is 0.906. The number of sulfonamides is 1. The third kappa shape index (κ3) is 3.58. The molecule has 1 fully saturated rings. The molecule has 1 aliphatic heterocycles. The molecule has 0 aromatic heterocycles. The standard InChI is InChI=1S/C13H17BrFNO3S/c1-16(9-11-4-2-3-7-19-11)20(17,18)13-6-5-10(14)8-12(13)15/h5-6,8,11H,2-4,7,9H2,1H3. The van der Waals surface area contributed by atoms with Crippen LogP contribution in [0.5, 0.6) is 0 Å². The number of halogens is 2. The summed E-state index contributed by atoms with van der Waals surface area (Å²) < 4.78 is 45.7. The summed E-state index contributed by atoms with van der Waals surface area (Å²) in [5.41, 5.74) is 0. The maximum absolute atomic E-state index is 13.8. The SMILES string of the molecule is CN(CC1CCCCO1)S(=O)(=O)c1ccc(Br)cc1F. The van der Waals surface area contributed by atoms with Gasteiger partial charge in [-0.25, -0.2) is 12.8 Å². The van der Waals surface area contributed by atoms with Crippen LogP contribution in [0.3, 0.4) is 0 Å². The number of benzene rings is 1. The van der Waals surface area contributed by atoms with Crippen molar-refractivity contribution in [1.29, 1.82) is 0 Å². The highest BCUT2D eigenvalue weighted by atomic mass is 79.9. The van der Waals surface area contributed by atoms with Gasteiger partial charge < -0.3 is 4.74 Å². The van der Waals surface area contributed by atoms with Crippen LogP contribution in [0, 0.1) is 5.82 Å². The second-order valence-electron chi connectivity index (χ2n) is 4.85.